The molecule has 0 bridgehead atoms. The lowest BCUT2D eigenvalue weighted by atomic mass is 9.84. The molecule has 5 heteroatoms. The zero-order valence-electron chi connectivity index (χ0n) is 12.9. The van der Waals surface area contributed by atoms with E-state index >= 15 is 0 Å². The van der Waals surface area contributed by atoms with Crippen molar-refractivity contribution in [3.63, 3.8) is 0 Å². The summed E-state index contributed by atoms with van der Waals surface area (Å²) in [6.07, 6.45) is 4.76. The summed E-state index contributed by atoms with van der Waals surface area (Å²) in [4.78, 5) is 21.0. The first-order valence-electron chi connectivity index (χ1n) is 7.85. The summed E-state index contributed by atoms with van der Waals surface area (Å²) >= 11 is 0. The van der Waals surface area contributed by atoms with Gasteiger partial charge in [-0.2, -0.15) is 4.98 Å². The number of nitrogens with zero attached hydrogens (tertiary/aromatic N) is 2. The van der Waals surface area contributed by atoms with Gasteiger partial charge in [-0.3, -0.25) is 4.79 Å². The van der Waals surface area contributed by atoms with Crippen molar-refractivity contribution in [3.8, 4) is 11.5 Å². The van der Waals surface area contributed by atoms with E-state index < -0.39 is 0 Å². The summed E-state index contributed by atoms with van der Waals surface area (Å²) in [5.74, 6) is 0.701. The number of carbonyl (C=O) groups is 1. The average molecular weight is 307 g/mol. The standard InChI is InChI=1S/C18H17N3O2/c1-11-5-2-8-13(20-17(22)12-6-3-7-12)15(11)18-21-16-14(23-18)9-4-10-19-16/h2,4-5,8-10,12H,3,6-7H2,1H3,(H,20,22). The van der Waals surface area contributed by atoms with Crippen LogP contribution in [0.5, 0.6) is 0 Å². The second-order valence-electron chi connectivity index (χ2n) is 5.96. The van der Waals surface area contributed by atoms with Gasteiger partial charge < -0.3 is 9.73 Å². The van der Waals surface area contributed by atoms with Crippen molar-refractivity contribution in [2.75, 3.05) is 5.32 Å². The predicted molar refractivity (Wildman–Crippen MR) is 87.9 cm³/mol. The number of nitrogens with one attached hydrogen (secondary N) is 1. The van der Waals surface area contributed by atoms with Crippen molar-refractivity contribution in [3.05, 3.63) is 42.1 Å². The molecular formula is C18H17N3O2. The van der Waals surface area contributed by atoms with E-state index in [0.717, 1.165) is 36.1 Å². The molecule has 1 aliphatic carbocycles. The van der Waals surface area contributed by atoms with E-state index in [-0.39, 0.29) is 11.8 Å². The van der Waals surface area contributed by atoms with Crippen LogP contribution in [0.2, 0.25) is 0 Å². The van der Waals surface area contributed by atoms with E-state index in [9.17, 15) is 4.79 Å². The minimum Gasteiger partial charge on any atom is -0.434 e. The molecule has 23 heavy (non-hydrogen) atoms. The smallest absolute Gasteiger partial charge is 0.231 e. The molecule has 0 aliphatic heterocycles. The highest BCUT2D eigenvalue weighted by Crippen LogP contribution is 2.34. The maximum absolute atomic E-state index is 12.3. The van der Waals surface area contributed by atoms with E-state index in [1.54, 1.807) is 6.20 Å². The Balaban J connectivity index is 1.75. The Morgan fingerprint density at radius 3 is 2.87 bits per heavy atom. The molecule has 4 rings (SSSR count). The van der Waals surface area contributed by atoms with Crippen LogP contribution in [0.1, 0.15) is 24.8 Å². The maximum Gasteiger partial charge on any atom is 0.231 e. The van der Waals surface area contributed by atoms with Crippen LogP contribution in [-0.2, 0) is 4.79 Å². The van der Waals surface area contributed by atoms with Crippen molar-refractivity contribution in [2.45, 2.75) is 26.2 Å². The summed E-state index contributed by atoms with van der Waals surface area (Å²) in [5.41, 5.74) is 3.78. The van der Waals surface area contributed by atoms with Gasteiger partial charge in [0.05, 0.1) is 11.3 Å². The summed E-state index contributed by atoms with van der Waals surface area (Å²) in [6.45, 7) is 1.98. The normalized spacial score (nSPS) is 14.7. The molecule has 2 heterocycles. The van der Waals surface area contributed by atoms with Gasteiger partial charge in [0.2, 0.25) is 11.8 Å². The fourth-order valence-corrected chi connectivity index (χ4v) is 2.84. The fourth-order valence-electron chi connectivity index (χ4n) is 2.84. The van der Waals surface area contributed by atoms with Gasteiger partial charge in [-0.15, -0.1) is 0 Å². The molecule has 0 saturated heterocycles. The summed E-state index contributed by atoms with van der Waals surface area (Å²) < 4.78 is 5.83. The van der Waals surface area contributed by atoms with Crippen LogP contribution in [0.4, 0.5) is 5.69 Å². The number of amides is 1. The minimum atomic E-state index is 0.0809. The Morgan fingerprint density at radius 1 is 1.26 bits per heavy atom. The lowest BCUT2D eigenvalue weighted by molar-refractivity contribution is -0.122. The molecule has 116 valence electrons. The lowest BCUT2D eigenvalue weighted by Gasteiger charge is -2.24. The Labute approximate surface area is 133 Å². The molecule has 3 aromatic rings. The molecule has 1 saturated carbocycles. The van der Waals surface area contributed by atoms with Crippen LogP contribution in [-0.4, -0.2) is 15.9 Å². The summed E-state index contributed by atoms with van der Waals surface area (Å²) in [6, 6.07) is 9.45. The third kappa shape index (κ3) is 2.48. The van der Waals surface area contributed by atoms with Crippen molar-refractivity contribution in [2.24, 2.45) is 5.92 Å². The fraction of sp³-hybridized carbons (Fsp3) is 0.278. The van der Waals surface area contributed by atoms with Crippen LogP contribution < -0.4 is 5.32 Å². The Hall–Kier alpha value is -2.69. The third-order valence-electron chi connectivity index (χ3n) is 4.39. The molecule has 0 unspecified atom stereocenters. The van der Waals surface area contributed by atoms with Crippen LogP contribution in [0.15, 0.2) is 40.9 Å². The molecule has 0 atom stereocenters. The molecular weight excluding hydrogens is 290 g/mol. The van der Waals surface area contributed by atoms with Gasteiger partial charge in [0.25, 0.3) is 0 Å². The number of oxazole rings is 1. The van der Waals surface area contributed by atoms with Gasteiger partial charge in [-0.25, -0.2) is 4.98 Å². The number of carbonyl (C=O) groups excluding carboxylic acids is 1. The molecule has 5 nitrogen and oxygen atoms in total. The lowest BCUT2D eigenvalue weighted by Crippen LogP contribution is -2.28. The number of aryl methyl sites for hydroxylation is 1. The average Bonchev–Trinajstić information content (AvgIpc) is 2.88. The van der Waals surface area contributed by atoms with E-state index in [0.29, 0.717) is 17.1 Å². The Morgan fingerprint density at radius 2 is 2.13 bits per heavy atom. The van der Waals surface area contributed by atoms with Gasteiger partial charge in [0.1, 0.15) is 0 Å². The largest absolute Gasteiger partial charge is 0.434 e. The van der Waals surface area contributed by atoms with Crippen LogP contribution >= 0.6 is 0 Å². The monoisotopic (exact) mass is 307 g/mol. The number of fused-ring (bicyclic) bond motifs is 1. The van der Waals surface area contributed by atoms with Crippen molar-refractivity contribution in [1.82, 2.24) is 9.97 Å². The van der Waals surface area contributed by atoms with Gasteiger partial charge in [0, 0.05) is 12.1 Å². The van der Waals surface area contributed by atoms with Crippen LogP contribution in [0.3, 0.4) is 0 Å². The minimum absolute atomic E-state index is 0.0809. The zero-order valence-corrected chi connectivity index (χ0v) is 12.9. The van der Waals surface area contributed by atoms with Crippen LogP contribution in [0.25, 0.3) is 22.7 Å². The number of aromatic nitrogens is 2. The number of benzene rings is 1. The first-order valence-corrected chi connectivity index (χ1v) is 7.85. The van der Waals surface area contributed by atoms with Crippen LogP contribution in [0, 0.1) is 12.8 Å². The molecule has 2 aromatic heterocycles. The predicted octanol–water partition coefficient (Wildman–Crippen LogP) is 3.94. The highest BCUT2D eigenvalue weighted by molar-refractivity contribution is 5.97. The van der Waals surface area contributed by atoms with E-state index in [2.05, 4.69) is 15.3 Å². The number of hydrogen-bond acceptors (Lipinski definition) is 4. The molecule has 0 radical (unpaired) electrons. The number of pyridine rings is 1. The maximum atomic E-state index is 12.3. The quantitative estimate of drug-likeness (QED) is 0.796. The second-order valence-corrected chi connectivity index (χ2v) is 5.96. The molecule has 0 spiro atoms. The van der Waals surface area contributed by atoms with Gasteiger partial charge in [-0.05, 0) is 43.5 Å². The van der Waals surface area contributed by atoms with E-state index in [4.69, 9.17) is 4.42 Å². The molecule has 1 aliphatic rings. The number of hydrogen-bond donors (Lipinski definition) is 1. The van der Waals surface area contributed by atoms with Gasteiger partial charge in [-0.1, -0.05) is 18.6 Å². The zero-order chi connectivity index (χ0) is 15.8. The van der Waals surface area contributed by atoms with Crippen molar-refractivity contribution < 1.29 is 9.21 Å². The van der Waals surface area contributed by atoms with E-state index in [1.807, 2.05) is 37.3 Å². The number of anilines is 1. The summed E-state index contributed by atoms with van der Waals surface area (Å²) in [5, 5.41) is 3.04. The van der Waals surface area contributed by atoms with Crippen molar-refractivity contribution >= 4 is 22.8 Å². The topological polar surface area (TPSA) is 68.0 Å². The Bertz CT molecular complexity index is 848. The Kier molecular flexibility index (Phi) is 3.33. The first kappa shape index (κ1) is 13.9. The second kappa shape index (κ2) is 5.50. The highest BCUT2D eigenvalue weighted by atomic mass is 16.3. The van der Waals surface area contributed by atoms with E-state index in [1.165, 1.54) is 0 Å². The van der Waals surface area contributed by atoms with Crippen molar-refractivity contribution in [1.29, 1.82) is 0 Å². The van der Waals surface area contributed by atoms with Gasteiger partial charge >= 0.3 is 0 Å². The SMILES string of the molecule is Cc1cccc(NC(=O)C2CCC2)c1-c1nc2ncccc2o1. The molecule has 1 aromatic carbocycles. The van der Waals surface area contributed by atoms with Gasteiger partial charge in [0.15, 0.2) is 11.2 Å². The highest BCUT2D eigenvalue weighted by Gasteiger charge is 2.26. The number of rotatable bonds is 3. The molecule has 1 N–H and O–H groups in total. The molecule has 1 fully saturated rings. The first-order chi connectivity index (χ1) is 11.2. The summed E-state index contributed by atoms with van der Waals surface area (Å²) in [7, 11) is 0. The molecule has 1 amide bonds. The third-order valence-corrected chi connectivity index (χ3v) is 4.39.